The first-order valence-corrected chi connectivity index (χ1v) is 8.19. The molecule has 0 unspecified atom stereocenters. The Kier molecular flexibility index (Phi) is 5.33. The molecule has 2 aromatic carbocycles. The van der Waals surface area contributed by atoms with E-state index < -0.39 is 11.9 Å². The van der Waals surface area contributed by atoms with Crippen molar-refractivity contribution in [3.8, 4) is 6.07 Å². The Morgan fingerprint density at radius 1 is 1.15 bits per heavy atom. The van der Waals surface area contributed by atoms with Crippen molar-refractivity contribution < 1.29 is 18.7 Å². The molecule has 0 spiro atoms. The van der Waals surface area contributed by atoms with Crippen LogP contribution in [0.1, 0.15) is 37.6 Å². The predicted molar refractivity (Wildman–Crippen MR) is 98.1 cm³/mol. The monoisotopic (exact) mass is 360 g/mol. The summed E-state index contributed by atoms with van der Waals surface area (Å²) in [5.41, 5.74) is 2.67. The fraction of sp³-hybridized carbons (Fsp3) is 0.0952. The van der Waals surface area contributed by atoms with Crippen LogP contribution in [0.3, 0.4) is 0 Å². The molecule has 0 fully saturated rings. The Bertz CT molecular complexity index is 1020. The molecule has 0 saturated heterocycles. The number of rotatable bonds is 5. The van der Waals surface area contributed by atoms with Gasteiger partial charge in [0.25, 0.3) is 5.91 Å². The zero-order valence-corrected chi connectivity index (χ0v) is 14.6. The van der Waals surface area contributed by atoms with Gasteiger partial charge >= 0.3 is 5.97 Å². The summed E-state index contributed by atoms with van der Waals surface area (Å²) >= 11 is 0. The normalized spacial score (nSPS) is 10.1. The van der Waals surface area contributed by atoms with E-state index in [2.05, 4.69) is 11.4 Å². The molecular formula is C21H16N2O4. The predicted octanol–water partition coefficient (Wildman–Crippen LogP) is 4.07. The maximum absolute atomic E-state index is 12.4. The highest BCUT2D eigenvalue weighted by Crippen LogP contribution is 2.19. The number of anilines is 1. The van der Waals surface area contributed by atoms with Gasteiger partial charge in [0, 0.05) is 11.3 Å². The van der Waals surface area contributed by atoms with Gasteiger partial charge in [-0.05, 0) is 42.8 Å². The summed E-state index contributed by atoms with van der Waals surface area (Å²) in [6.07, 6.45) is 1.41. The molecule has 0 aliphatic carbocycles. The molecule has 0 atom stereocenters. The highest BCUT2D eigenvalue weighted by Gasteiger charge is 2.14. The number of esters is 1. The number of benzene rings is 2. The van der Waals surface area contributed by atoms with Crippen molar-refractivity contribution >= 4 is 17.6 Å². The Hall–Kier alpha value is -3.85. The lowest BCUT2D eigenvalue weighted by atomic mass is 10.1. The number of carbonyl (C=O) groups excluding carboxylic acids is 2. The molecule has 1 N–H and O–H groups in total. The fourth-order valence-electron chi connectivity index (χ4n) is 2.46. The van der Waals surface area contributed by atoms with Gasteiger partial charge in [-0.25, -0.2) is 4.79 Å². The molecule has 27 heavy (non-hydrogen) atoms. The van der Waals surface area contributed by atoms with E-state index in [1.807, 2.05) is 6.92 Å². The molecule has 134 valence electrons. The van der Waals surface area contributed by atoms with Crippen molar-refractivity contribution in [2.45, 2.75) is 13.5 Å². The van der Waals surface area contributed by atoms with Crippen LogP contribution in [-0.4, -0.2) is 11.9 Å². The van der Waals surface area contributed by atoms with E-state index in [9.17, 15) is 9.59 Å². The molecule has 0 radical (unpaired) electrons. The van der Waals surface area contributed by atoms with Crippen LogP contribution < -0.4 is 5.32 Å². The molecule has 3 rings (SSSR count). The van der Waals surface area contributed by atoms with Gasteiger partial charge in [0.05, 0.1) is 23.5 Å². The SMILES string of the molecule is Cc1ccc(C(=O)OCc2ccccc2C#N)cc1NC(=O)c1ccco1. The molecule has 0 bridgehead atoms. The Morgan fingerprint density at radius 3 is 2.70 bits per heavy atom. The summed E-state index contributed by atoms with van der Waals surface area (Å²) in [6.45, 7) is 1.81. The largest absolute Gasteiger partial charge is 0.459 e. The molecule has 6 heteroatoms. The molecule has 6 nitrogen and oxygen atoms in total. The number of nitrogens with one attached hydrogen (secondary N) is 1. The number of hydrogen-bond acceptors (Lipinski definition) is 5. The van der Waals surface area contributed by atoms with Crippen molar-refractivity contribution in [1.29, 1.82) is 5.26 Å². The zero-order chi connectivity index (χ0) is 19.2. The standard InChI is InChI=1S/C21H16N2O4/c1-14-8-9-15(11-18(14)23-20(24)19-7-4-10-26-19)21(25)27-13-17-6-3-2-5-16(17)12-22/h2-11H,13H2,1H3,(H,23,24). The first kappa shape index (κ1) is 18.0. The van der Waals surface area contributed by atoms with Crippen LogP contribution in [0.2, 0.25) is 0 Å². The van der Waals surface area contributed by atoms with Crippen molar-refractivity contribution in [1.82, 2.24) is 0 Å². The maximum atomic E-state index is 12.4. The second-order valence-electron chi connectivity index (χ2n) is 5.81. The highest BCUT2D eigenvalue weighted by atomic mass is 16.5. The van der Waals surface area contributed by atoms with Crippen LogP contribution in [0, 0.1) is 18.3 Å². The third-order valence-electron chi connectivity index (χ3n) is 3.96. The van der Waals surface area contributed by atoms with E-state index in [0.717, 1.165) is 5.56 Å². The van der Waals surface area contributed by atoms with E-state index in [4.69, 9.17) is 14.4 Å². The number of furan rings is 1. The van der Waals surface area contributed by atoms with Crippen molar-refractivity contribution in [2.75, 3.05) is 5.32 Å². The van der Waals surface area contributed by atoms with Crippen LogP contribution in [0.4, 0.5) is 5.69 Å². The first-order valence-electron chi connectivity index (χ1n) is 8.19. The average molecular weight is 360 g/mol. The number of amides is 1. The van der Waals surface area contributed by atoms with Gasteiger partial charge in [0.1, 0.15) is 6.61 Å². The highest BCUT2D eigenvalue weighted by molar-refractivity contribution is 6.03. The third-order valence-corrected chi connectivity index (χ3v) is 3.96. The van der Waals surface area contributed by atoms with Crippen molar-refractivity contribution in [3.05, 3.63) is 88.9 Å². The summed E-state index contributed by atoms with van der Waals surface area (Å²) in [6, 6.07) is 17.0. The zero-order valence-electron chi connectivity index (χ0n) is 14.6. The molecule has 1 amide bonds. The number of nitrogens with zero attached hydrogens (tertiary/aromatic N) is 1. The lowest BCUT2D eigenvalue weighted by Crippen LogP contribution is -2.13. The Balaban J connectivity index is 1.72. The Labute approximate surface area is 156 Å². The first-order chi connectivity index (χ1) is 13.1. The topological polar surface area (TPSA) is 92.3 Å². The van der Waals surface area contributed by atoms with E-state index >= 15 is 0 Å². The van der Waals surface area contributed by atoms with Gasteiger partial charge in [0.2, 0.25) is 0 Å². The number of nitriles is 1. The number of ether oxygens (including phenoxy) is 1. The molecule has 1 heterocycles. The van der Waals surface area contributed by atoms with Crippen LogP contribution in [0.5, 0.6) is 0 Å². The summed E-state index contributed by atoms with van der Waals surface area (Å²) in [5, 5.41) is 11.8. The van der Waals surface area contributed by atoms with Gasteiger partial charge in [-0.15, -0.1) is 0 Å². The summed E-state index contributed by atoms with van der Waals surface area (Å²) in [4.78, 5) is 24.5. The second kappa shape index (κ2) is 8.02. The van der Waals surface area contributed by atoms with Crippen molar-refractivity contribution in [3.63, 3.8) is 0 Å². The molecular weight excluding hydrogens is 344 g/mol. The lowest BCUT2D eigenvalue weighted by molar-refractivity contribution is 0.0472. The van der Waals surface area contributed by atoms with Gasteiger partial charge < -0.3 is 14.5 Å². The summed E-state index contributed by atoms with van der Waals surface area (Å²) in [5.74, 6) is -0.775. The Morgan fingerprint density at radius 2 is 1.96 bits per heavy atom. The molecule has 0 aliphatic heterocycles. The van der Waals surface area contributed by atoms with Gasteiger partial charge in [0.15, 0.2) is 5.76 Å². The van der Waals surface area contributed by atoms with E-state index in [0.29, 0.717) is 22.4 Å². The molecule has 3 aromatic rings. The number of hydrogen-bond donors (Lipinski definition) is 1. The minimum absolute atomic E-state index is 0.00939. The lowest BCUT2D eigenvalue weighted by Gasteiger charge is -2.10. The van der Waals surface area contributed by atoms with Gasteiger partial charge in [-0.1, -0.05) is 24.3 Å². The van der Waals surface area contributed by atoms with E-state index in [1.165, 1.54) is 6.26 Å². The molecule has 0 saturated carbocycles. The van der Waals surface area contributed by atoms with E-state index in [-0.39, 0.29) is 12.4 Å². The van der Waals surface area contributed by atoms with Gasteiger partial charge in [-0.2, -0.15) is 5.26 Å². The third kappa shape index (κ3) is 4.22. The maximum Gasteiger partial charge on any atom is 0.338 e. The van der Waals surface area contributed by atoms with Crippen LogP contribution in [0.25, 0.3) is 0 Å². The number of carbonyl (C=O) groups is 2. The summed E-state index contributed by atoms with van der Waals surface area (Å²) in [7, 11) is 0. The quantitative estimate of drug-likeness (QED) is 0.693. The summed E-state index contributed by atoms with van der Waals surface area (Å²) < 4.78 is 10.4. The minimum Gasteiger partial charge on any atom is -0.459 e. The number of aryl methyl sites for hydroxylation is 1. The fourth-order valence-corrected chi connectivity index (χ4v) is 2.46. The van der Waals surface area contributed by atoms with Crippen LogP contribution >= 0.6 is 0 Å². The minimum atomic E-state index is -0.545. The van der Waals surface area contributed by atoms with E-state index in [1.54, 1.807) is 54.6 Å². The van der Waals surface area contributed by atoms with Crippen LogP contribution in [0.15, 0.2) is 65.3 Å². The van der Waals surface area contributed by atoms with Crippen molar-refractivity contribution in [2.24, 2.45) is 0 Å². The second-order valence-corrected chi connectivity index (χ2v) is 5.81. The molecule has 0 aliphatic rings. The molecule has 1 aromatic heterocycles. The smallest absolute Gasteiger partial charge is 0.338 e. The average Bonchev–Trinajstić information content (AvgIpc) is 3.23. The van der Waals surface area contributed by atoms with Gasteiger partial charge in [-0.3, -0.25) is 4.79 Å². The van der Waals surface area contributed by atoms with Crippen LogP contribution in [-0.2, 0) is 11.3 Å².